The normalized spacial score (nSPS) is 13.6. The molecule has 4 aromatic heterocycles. The van der Waals surface area contributed by atoms with Crippen LogP contribution in [0.5, 0.6) is 0 Å². The van der Waals surface area contributed by atoms with Crippen LogP contribution in [0.2, 0.25) is 17.3 Å². The fraction of sp³-hybridized carbons (Fsp3) is 0.226. The van der Waals surface area contributed by atoms with Gasteiger partial charge < -0.3 is 8.98 Å². The monoisotopic (exact) mass is 1030 g/mol. The van der Waals surface area contributed by atoms with Crippen molar-refractivity contribution in [2.24, 2.45) is 0 Å². The summed E-state index contributed by atoms with van der Waals surface area (Å²) in [6.45, 7) is 6.46. The molecule has 0 saturated heterocycles. The molecule has 0 aliphatic heterocycles. The minimum atomic E-state index is -2.34. The minimum absolute atomic E-state index is 0. The van der Waals surface area contributed by atoms with Gasteiger partial charge in [-0.2, -0.15) is 0 Å². The molecular weight excluding hydrogens is 973 g/mol. The Morgan fingerprint density at radius 2 is 1.50 bits per heavy atom. The zero-order valence-corrected chi connectivity index (χ0v) is 39.7. The van der Waals surface area contributed by atoms with Crippen LogP contribution in [0.4, 0.5) is 0 Å². The zero-order valence-electron chi connectivity index (χ0n) is 41.2. The van der Waals surface area contributed by atoms with Gasteiger partial charge in [0, 0.05) is 41.5 Å². The number of rotatable bonds is 7. The Balaban J connectivity index is 0.000000260. The number of hydrogen-bond acceptors (Lipinski definition) is 4. The first-order valence-electron chi connectivity index (χ1n) is 23.2. The van der Waals surface area contributed by atoms with E-state index in [0.717, 1.165) is 39.1 Å². The van der Waals surface area contributed by atoms with Crippen LogP contribution in [0.15, 0.2) is 126 Å². The molecule has 9 aromatic rings. The van der Waals surface area contributed by atoms with Gasteiger partial charge in [0.25, 0.3) is 0 Å². The van der Waals surface area contributed by atoms with E-state index in [0.29, 0.717) is 33.5 Å². The number of para-hydroxylation sites is 1. The van der Waals surface area contributed by atoms with Crippen molar-refractivity contribution in [3.8, 4) is 39.5 Å². The molecular formula is C53H52GeIrN4O-2. The van der Waals surface area contributed by atoms with E-state index < -0.39 is 27.0 Å². The Morgan fingerprint density at radius 1 is 0.767 bits per heavy atom. The molecule has 0 saturated carbocycles. The molecule has 0 atom stereocenters. The first-order chi connectivity index (χ1) is 30.7. The van der Waals surface area contributed by atoms with E-state index in [9.17, 15) is 0 Å². The summed E-state index contributed by atoms with van der Waals surface area (Å²) in [5.74, 6) is 8.00. The molecule has 0 amide bonds. The summed E-state index contributed by atoms with van der Waals surface area (Å²) in [5.41, 5.74) is 12.2. The van der Waals surface area contributed by atoms with Crippen molar-refractivity contribution < 1.29 is 32.7 Å². The largest absolute Gasteiger partial charge is 0.501 e. The summed E-state index contributed by atoms with van der Waals surface area (Å²) in [6, 6.07) is 41.5. The second-order valence-corrected chi connectivity index (χ2v) is 27.4. The quantitative estimate of drug-likeness (QED) is 0.118. The summed E-state index contributed by atoms with van der Waals surface area (Å²) in [7, 11) is 0. The second kappa shape index (κ2) is 17.5. The van der Waals surface area contributed by atoms with Gasteiger partial charge >= 0.3 is 110 Å². The topological polar surface area (TPSA) is 56.7 Å². The number of benzene rings is 5. The number of pyridine rings is 2. The number of aromatic nitrogens is 4. The third-order valence-electron chi connectivity index (χ3n) is 10.9. The first kappa shape index (κ1) is 35.6. The Kier molecular flexibility index (Phi) is 10.4. The molecule has 0 bridgehead atoms. The van der Waals surface area contributed by atoms with E-state index >= 15 is 0 Å². The van der Waals surface area contributed by atoms with E-state index in [1.54, 1.807) is 24.4 Å². The van der Waals surface area contributed by atoms with Gasteiger partial charge in [-0.05, 0) is 65.3 Å². The van der Waals surface area contributed by atoms with Gasteiger partial charge in [0.2, 0.25) is 0 Å². The summed E-state index contributed by atoms with van der Waals surface area (Å²) in [4.78, 5) is 14.4. The van der Waals surface area contributed by atoms with E-state index in [2.05, 4.69) is 114 Å². The number of aryl methyl sites for hydroxylation is 3. The fourth-order valence-corrected chi connectivity index (χ4v) is 9.87. The van der Waals surface area contributed by atoms with Crippen molar-refractivity contribution in [2.75, 3.05) is 0 Å². The van der Waals surface area contributed by atoms with Gasteiger partial charge in [0.05, 0.1) is 28.1 Å². The number of imidazole rings is 1. The van der Waals surface area contributed by atoms with Gasteiger partial charge in [0.15, 0.2) is 0 Å². The third-order valence-corrected chi connectivity index (χ3v) is 15.1. The van der Waals surface area contributed by atoms with Crippen LogP contribution in [0.25, 0.3) is 72.4 Å². The van der Waals surface area contributed by atoms with Crippen molar-refractivity contribution in [3.05, 3.63) is 162 Å². The van der Waals surface area contributed by atoms with Gasteiger partial charge in [-0.15, -0.1) is 17.7 Å². The molecule has 0 unspecified atom stereocenters. The van der Waals surface area contributed by atoms with E-state index in [1.165, 1.54) is 32.7 Å². The Bertz CT molecular complexity index is 3080. The Morgan fingerprint density at radius 3 is 2.13 bits per heavy atom. The SMILES string of the molecule is [2H]C([2H])([2H])c1c[c-]c(-c2cc[c]([Ge]([CH3])([CH3])[CH3])cn2)cc1.[2H]C([2H])([2H])c1c[c-]c(-c2nc3ccnc(C)c3n2-c2c(C(C)C)cc(-c3ccccc3)cc2C(C)C)c2oc3ccccc3c12.[Ir]. The fourth-order valence-electron chi connectivity index (χ4n) is 7.70. The molecule has 5 nitrogen and oxygen atoms in total. The molecule has 0 aliphatic rings. The smallest absolute Gasteiger partial charge is 0.120 e. The van der Waals surface area contributed by atoms with Crippen LogP contribution in [-0.4, -0.2) is 32.8 Å². The van der Waals surface area contributed by atoms with E-state index in [4.69, 9.17) is 17.6 Å². The molecule has 0 aliphatic carbocycles. The average Bonchev–Trinajstić information content (AvgIpc) is 3.85. The number of nitrogens with zero attached hydrogens (tertiary/aromatic N) is 4. The van der Waals surface area contributed by atoms with Crippen LogP contribution < -0.4 is 4.40 Å². The average molecular weight is 1030 g/mol. The van der Waals surface area contributed by atoms with Crippen LogP contribution in [-0.2, 0) is 20.1 Å². The van der Waals surface area contributed by atoms with Crippen LogP contribution in [0.1, 0.15) is 75.7 Å². The van der Waals surface area contributed by atoms with Crippen molar-refractivity contribution in [1.82, 2.24) is 19.5 Å². The van der Waals surface area contributed by atoms with Crippen molar-refractivity contribution in [3.63, 3.8) is 0 Å². The van der Waals surface area contributed by atoms with Gasteiger partial charge in [-0.1, -0.05) is 94.0 Å². The third kappa shape index (κ3) is 8.30. The molecule has 7 heteroatoms. The van der Waals surface area contributed by atoms with Gasteiger partial charge in [-0.25, -0.2) is 0 Å². The number of fused-ring (bicyclic) bond motifs is 4. The molecule has 5 aromatic carbocycles. The first-order valence-corrected chi connectivity index (χ1v) is 27.5. The maximum atomic E-state index is 8.32. The van der Waals surface area contributed by atoms with Crippen molar-refractivity contribution >= 4 is 50.6 Å². The molecule has 4 heterocycles. The summed E-state index contributed by atoms with van der Waals surface area (Å²) in [6.07, 6.45) is 3.73. The maximum absolute atomic E-state index is 8.32. The van der Waals surface area contributed by atoms with E-state index in [1.807, 2.05) is 55.6 Å². The maximum Gasteiger partial charge on any atom is 0.120 e. The molecule has 0 fully saturated rings. The summed E-state index contributed by atoms with van der Waals surface area (Å²) < 4.78 is 57.0. The molecule has 0 spiro atoms. The summed E-state index contributed by atoms with van der Waals surface area (Å²) >= 11 is -1.83. The van der Waals surface area contributed by atoms with Crippen molar-refractivity contribution in [2.45, 2.75) is 77.4 Å². The minimum Gasteiger partial charge on any atom is -0.501 e. The summed E-state index contributed by atoms with van der Waals surface area (Å²) in [5, 5.41) is 1.33. The zero-order chi connectivity index (χ0) is 46.6. The molecule has 0 N–H and O–H groups in total. The predicted molar refractivity (Wildman–Crippen MR) is 250 cm³/mol. The molecule has 1 radical (unpaired) electrons. The van der Waals surface area contributed by atoms with Gasteiger partial charge in [0.1, 0.15) is 5.58 Å². The predicted octanol–water partition coefficient (Wildman–Crippen LogP) is 13.7. The van der Waals surface area contributed by atoms with Crippen LogP contribution in [0.3, 0.4) is 0 Å². The van der Waals surface area contributed by atoms with Gasteiger partial charge in [-0.3, -0.25) is 9.97 Å². The van der Waals surface area contributed by atoms with Crippen molar-refractivity contribution in [1.29, 1.82) is 0 Å². The van der Waals surface area contributed by atoms with Crippen LogP contribution in [0, 0.1) is 32.8 Å². The standard InChI is InChI=1S/C38H34N3O.C15H18GeN.Ir/c1-22(2)30-20-27(26-12-8-7-9-13-26)21-31(23(3)4)36(30)41-35-25(6)39-19-18-32(35)40-38(41)29-17-16-24(5)34-28-14-10-11-15-33(28)42-37(29)34;1-12-5-7-13(8-6-12)15-10-9-14(11-17-15)16(2,3)4;/h7-16,18-23H,1-6H3;5-7,9-11H,1-4H3;/q2*-1;/i5D3;1D3;. The number of furan rings is 1. The molecule has 60 heavy (non-hydrogen) atoms. The Labute approximate surface area is 379 Å². The Hall–Kier alpha value is -5.14. The number of hydrogen-bond donors (Lipinski definition) is 0. The van der Waals surface area contributed by atoms with Crippen LogP contribution >= 0.6 is 0 Å². The second-order valence-electron chi connectivity index (χ2n) is 16.8. The van der Waals surface area contributed by atoms with E-state index in [-0.39, 0.29) is 37.5 Å². The molecule has 305 valence electrons. The molecule has 9 rings (SSSR count).